The average Bonchev–Trinajstić information content (AvgIpc) is 2.40. The van der Waals surface area contributed by atoms with E-state index in [2.05, 4.69) is 34.6 Å². The van der Waals surface area contributed by atoms with Crippen molar-refractivity contribution in [1.82, 2.24) is 10.3 Å². The number of pyridine rings is 1. The highest BCUT2D eigenvalue weighted by molar-refractivity contribution is 5.62. The highest BCUT2D eigenvalue weighted by atomic mass is 16.3. The molecule has 0 aliphatic heterocycles. The zero-order valence-corrected chi connectivity index (χ0v) is 10.5. The molecular weight excluding hydrogens is 224 g/mol. The number of aliphatic hydroxyl groups is 1. The van der Waals surface area contributed by atoms with E-state index < -0.39 is 0 Å². The molecule has 0 spiro atoms. The van der Waals surface area contributed by atoms with Crippen LogP contribution in [0.5, 0.6) is 0 Å². The number of aliphatic hydroxyl groups excluding tert-OH is 1. The quantitative estimate of drug-likeness (QED) is 0.845. The first kappa shape index (κ1) is 12.7. The van der Waals surface area contributed by atoms with Gasteiger partial charge in [-0.3, -0.25) is 4.98 Å². The van der Waals surface area contributed by atoms with Crippen LogP contribution in [0.2, 0.25) is 0 Å². The van der Waals surface area contributed by atoms with E-state index in [4.69, 9.17) is 0 Å². The molecule has 0 bridgehead atoms. The maximum atomic E-state index is 9.19. The summed E-state index contributed by atoms with van der Waals surface area (Å²) in [6.45, 7) is 3.15. The third kappa shape index (κ3) is 3.65. The van der Waals surface area contributed by atoms with Crippen molar-refractivity contribution in [3.8, 4) is 11.1 Å². The number of hydrogen-bond donors (Lipinski definition) is 2. The largest absolute Gasteiger partial charge is 0.392 e. The van der Waals surface area contributed by atoms with E-state index in [-0.39, 0.29) is 6.10 Å². The van der Waals surface area contributed by atoms with Gasteiger partial charge in [-0.2, -0.15) is 0 Å². The molecule has 0 aliphatic rings. The van der Waals surface area contributed by atoms with Crippen molar-refractivity contribution in [2.24, 2.45) is 0 Å². The van der Waals surface area contributed by atoms with Crippen LogP contribution in [0.15, 0.2) is 48.8 Å². The van der Waals surface area contributed by atoms with E-state index in [9.17, 15) is 5.11 Å². The second kappa shape index (κ2) is 6.28. The smallest absolute Gasteiger partial charge is 0.0636 e. The van der Waals surface area contributed by atoms with Crippen LogP contribution in [0.25, 0.3) is 11.1 Å². The van der Waals surface area contributed by atoms with E-state index in [0.29, 0.717) is 6.54 Å². The lowest BCUT2D eigenvalue weighted by Crippen LogP contribution is -2.23. The maximum absolute atomic E-state index is 9.19. The Morgan fingerprint density at radius 3 is 2.78 bits per heavy atom. The summed E-state index contributed by atoms with van der Waals surface area (Å²) >= 11 is 0. The topological polar surface area (TPSA) is 45.1 Å². The third-order valence-electron chi connectivity index (χ3n) is 2.69. The fraction of sp³-hybridized carbons (Fsp3) is 0.267. The standard InChI is InChI=1S/C15H18N2O/c1-12(18)9-17-10-13-4-2-5-14(8-13)15-6-3-7-16-11-15/h2-8,11-12,17-18H,9-10H2,1H3/t12-/m1/s1. The van der Waals surface area contributed by atoms with Crippen LogP contribution in [-0.2, 0) is 6.54 Å². The van der Waals surface area contributed by atoms with Crippen molar-refractivity contribution in [3.63, 3.8) is 0 Å². The zero-order valence-electron chi connectivity index (χ0n) is 10.5. The number of aromatic nitrogens is 1. The summed E-state index contributed by atoms with van der Waals surface area (Å²) < 4.78 is 0. The van der Waals surface area contributed by atoms with Gasteiger partial charge < -0.3 is 10.4 Å². The molecule has 0 saturated carbocycles. The van der Waals surface area contributed by atoms with Crippen molar-refractivity contribution >= 4 is 0 Å². The van der Waals surface area contributed by atoms with Crippen LogP contribution < -0.4 is 5.32 Å². The molecule has 2 N–H and O–H groups in total. The van der Waals surface area contributed by atoms with Gasteiger partial charge >= 0.3 is 0 Å². The molecule has 0 fully saturated rings. The van der Waals surface area contributed by atoms with Crippen molar-refractivity contribution in [2.75, 3.05) is 6.54 Å². The molecule has 0 aliphatic carbocycles. The molecule has 18 heavy (non-hydrogen) atoms. The predicted molar refractivity (Wildman–Crippen MR) is 73.1 cm³/mol. The molecule has 1 aromatic heterocycles. The molecule has 0 radical (unpaired) electrons. The average molecular weight is 242 g/mol. The minimum atomic E-state index is -0.313. The summed E-state index contributed by atoms with van der Waals surface area (Å²) in [6.07, 6.45) is 3.33. The fourth-order valence-electron chi connectivity index (χ4n) is 1.82. The summed E-state index contributed by atoms with van der Waals surface area (Å²) in [4.78, 5) is 4.13. The van der Waals surface area contributed by atoms with E-state index in [1.807, 2.05) is 18.3 Å². The molecular formula is C15H18N2O. The predicted octanol–water partition coefficient (Wildman–Crippen LogP) is 2.22. The Kier molecular flexibility index (Phi) is 4.45. The summed E-state index contributed by atoms with van der Waals surface area (Å²) in [7, 11) is 0. The summed E-state index contributed by atoms with van der Waals surface area (Å²) in [5, 5.41) is 12.4. The Morgan fingerprint density at radius 2 is 2.06 bits per heavy atom. The van der Waals surface area contributed by atoms with E-state index >= 15 is 0 Å². The molecule has 3 heteroatoms. The molecule has 2 rings (SSSR count). The minimum absolute atomic E-state index is 0.313. The molecule has 1 atom stereocenters. The summed E-state index contributed by atoms with van der Waals surface area (Å²) in [5.74, 6) is 0. The Labute approximate surface area is 108 Å². The van der Waals surface area contributed by atoms with Crippen molar-refractivity contribution in [1.29, 1.82) is 0 Å². The van der Waals surface area contributed by atoms with Gasteiger partial charge in [0.1, 0.15) is 0 Å². The van der Waals surface area contributed by atoms with Crippen molar-refractivity contribution in [2.45, 2.75) is 19.6 Å². The van der Waals surface area contributed by atoms with Gasteiger partial charge in [0.05, 0.1) is 6.10 Å². The number of rotatable bonds is 5. The van der Waals surface area contributed by atoms with Crippen LogP contribution in [0.1, 0.15) is 12.5 Å². The monoisotopic (exact) mass is 242 g/mol. The fourth-order valence-corrected chi connectivity index (χ4v) is 1.82. The molecule has 94 valence electrons. The van der Waals surface area contributed by atoms with Gasteiger partial charge in [-0.1, -0.05) is 24.3 Å². The van der Waals surface area contributed by atoms with E-state index in [1.54, 1.807) is 13.1 Å². The first-order valence-electron chi connectivity index (χ1n) is 6.14. The Morgan fingerprint density at radius 1 is 1.22 bits per heavy atom. The third-order valence-corrected chi connectivity index (χ3v) is 2.69. The van der Waals surface area contributed by atoms with Crippen LogP contribution in [0, 0.1) is 0 Å². The molecule has 0 saturated heterocycles. The van der Waals surface area contributed by atoms with Gasteiger partial charge in [-0.15, -0.1) is 0 Å². The normalized spacial score (nSPS) is 12.3. The molecule has 1 heterocycles. The minimum Gasteiger partial charge on any atom is -0.392 e. The molecule has 3 nitrogen and oxygen atoms in total. The van der Waals surface area contributed by atoms with Gasteiger partial charge in [0, 0.05) is 25.5 Å². The number of nitrogens with zero attached hydrogens (tertiary/aromatic N) is 1. The van der Waals surface area contributed by atoms with E-state index in [0.717, 1.165) is 12.1 Å². The highest BCUT2D eigenvalue weighted by Crippen LogP contribution is 2.18. The molecule has 1 aromatic carbocycles. The number of hydrogen-bond acceptors (Lipinski definition) is 3. The SMILES string of the molecule is C[C@@H](O)CNCc1cccc(-c2cccnc2)c1. The van der Waals surface area contributed by atoms with Crippen molar-refractivity contribution in [3.05, 3.63) is 54.4 Å². The van der Waals surface area contributed by atoms with Crippen LogP contribution in [0.4, 0.5) is 0 Å². The molecule has 2 aromatic rings. The highest BCUT2D eigenvalue weighted by Gasteiger charge is 2.00. The van der Waals surface area contributed by atoms with Gasteiger partial charge in [0.25, 0.3) is 0 Å². The Bertz CT molecular complexity index is 483. The lowest BCUT2D eigenvalue weighted by Gasteiger charge is -2.08. The summed E-state index contributed by atoms with van der Waals surface area (Å²) in [5.41, 5.74) is 3.49. The summed E-state index contributed by atoms with van der Waals surface area (Å²) in [6, 6.07) is 12.3. The van der Waals surface area contributed by atoms with Crippen molar-refractivity contribution < 1.29 is 5.11 Å². The zero-order chi connectivity index (χ0) is 12.8. The number of nitrogens with one attached hydrogen (secondary N) is 1. The van der Waals surface area contributed by atoms with Gasteiger partial charge in [0.2, 0.25) is 0 Å². The maximum Gasteiger partial charge on any atom is 0.0636 e. The van der Waals surface area contributed by atoms with Crippen LogP contribution >= 0.6 is 0 Å². The molecule has 0 amide bonds. The first-order chi connectivity index (χ1) is 8.75. The van der Waals surface area contributed by atoms with Crippen LogP contribution in [0.3, 0.4) is 0 Å². The van der Waals surface area contributed by atoms with Gasteiger partial charge in [0.15, 0.2) is 0 Å². The van der Waals surface area contributed by atoms with Crippen LogP contribution in [-0.4, -0.2) is 22.7 Å². The second-order valence-electron chi connectivity index (χ2n) is 4.42. The van der Waals surface area contributed by atoms with Gasteiger partial charge in [-0.25, -0.2) is 0 Å². The number of benzene rings is 1. The Hall–Kier alpha value is -1.71. The second-order valence-corrected chi connectivity index (χ2v) is 4.42. The molecule has 0 unspecified atom stereocenters. The van der Waals surface area contributed by atoms with E-state index in [1.165, 1.54) is 11.1 Å². The lowest BCUT2D eigenvalue weighted by atomic mass is 10.0. The Balaban J connectivity index is 2.06. The first-order valence-corrected chi connectivity index (χ1v) is 6.14. The van der Waals surface area contributed by atoms with Gasteiger partial charge in [-0.05, 0) is 35.7 Å². The lowest BCUT2D eigenvalue weighted by molar-refractivity contribution is 0.191.